The number of methoxy groups -OCH3 is 2. The minimum Gasteiger partial charge on any atom is -0.493 e. The van der Waals surface area contributed by atoms with Gasteiger partial charge in [0.1, 0.15) is 6.54 Å². The lowest BCUT2D eigenvalue weighted by Crippen LogP contribution is -2.19. The second kappa shape index (κ2) is 8.47. The lowest BCUT2D eigenvalue weighted by Gasteiger charge is -2.11. The number of nitrogens with one attached hydrogen (secondary N) is 1. The van der Waals surface area contributed by atoms with Crippen LogP contribution in [0.3, 0.4) is 0 Å². The van der Waals surface area contributed by atoms with E-state index in [-0.39, 0.29) is 12.5 Å². The Hall–Kier alpha value is -3.48. The molecule has 1 amide bonds. The van der Waals surface area contributed by atoms with Crippen molar-refractivity contribution in [3.05, 3.63) is 54.7 Å². The van der Waals surface area contributed by atoms with Crippen LogP contribution in [-0.4, -0.2) is 44.0 Å². The first-order valence-corrected chi connectivity index (χ1v) is 8.84. The van der Waals surface area contributed by atoms with Crippen molar-refractivity contribution in [2.24, 2.45) is 0 Å². The fourth-order valence-electron chi connectivity index (χ4n) is 2.91. The molecule has 0 atom stereocenters. The molecule has 28 heavy (non-hydrogen) atoms. The molecule has 2 aromatic carbocycles. The predicted molar refractivity (Wildman–Crippen MR) is 110 cm³/mol. The van der Waals surface area contributed by atoms with Crippen LogP contribution in [0.5, 0.6) is 11.5 Å². The Morgan fingerprint density at radius 3 is 2.43 bits per heavy atom. The van der Waals surface area contributed by atoms with Crippen molar-refractivity contribution >= 4 is 17.4 Å². The van der Waals surface area contributed by atoms with E-state index in [9.17, 15) is 4.79 Å². The summed E-state index contributed by atoms with van der Waals surface area (Å²) in [6, 6.07) is 15.2. The van der Waals surface area contributed by atoms with Crippen LogP contribution in [0.25, 0.3) is 11.1 Å². The summed E-state index contributed by atoms with van der Waals surface area (Å²) in [4.78, 5) is 14.4. The van der Waals surface area contributed by atoms with Crippen molar-refractivity contribution in [3.63, 3.8) is 0 Å². The number of rotatable bonds is 7. The SMILES string of the molecule is COc1ccc(NC(=O)Cn2cc(-c3ccccc3)c(N(C)C)n2)cc1OC. The summed E-state index contributed by atoms with van der Waals surface area (Å²) in [6.07, 6.45) is 1.89. The number of carbonyl (C=O) groups excluding carboxylic acids is 1. The van der Waals surface area contributed by atoms with E-state index in [1.807, 2.05) is 55.5 Å². The Bertz CT molecular complexity index is 952. The van der Waals surface area contributed by atoms with E-state index in [4.69, 9.17) is 9.47 Å². The average molecular weight is 380 g/mol. The summed E-state index contributed by atoms with van der Waals surface area (Å²) in [6.45, 7) is 0.0992. The fourth-order valence-corrected chi connectivity index (χ4v) is 2.91. The van der Waals surface area contributed by atoms with Gasteiger partial charge in [0.25, 0.3) is 0 Å². The second-order valence-electron chi connectivity index (χ2n) is 6.44. The Kier molecular flexibility index (Phi) is 5.84. The van der Waals surface area contributed by atoms with Gasteiger partial charge >= 0.3 is 0 Å². The smallest absolute Gasteiger partial charge is 0.246 e. The molecule has 0 aliphatic heterocycles. The molecule has 3 rings (SSSR count). The summed E-state index contributed by atoms with van der Waals surface area (Å²) in [5, 5.41) is 7.43. The molecule has 0 fully saturated rings. The standard InChI is InChI=1S/C21H24N4O3/c1-24(2)21-17(15-8-6-5-7-9-15)13-25(23-21)14-20(26)22-16-10-11-18(27-3)19(12-16)28-4/h5-13H,14H2,1-4H3,(H,22,26). The molecule has 0 unspecified atom stereocenters. The number of aromatic nitrogens is 2. The van der Waals surface area contributed by atoms with Crippen LogP contribution in [-0.2, 0) is 11.3 Å². The molecule has 0 saturated heterocycles. The topological polar surface area (TPSA) is 68.6 Å². The Labute approximate surface area is 164 Å². The fraction of sp³-hybridized carbons (Fsp3) is 0.238. The number of ether oxygens (including phenoxy) is 2. The largest absolute Gasteiger partial charge is 0.493 e. The molecule has 1 N–H and O–H groups in total. The number of hydrogen-bond acceptors (Lipinski definition) is 5. The molecule has 146 valence electrons. The van der Waals surface area contributed by atoms with Gasteiger partial charge in [-0.2, -0.15) is 5.10 Å². The van der Waals surface area contributed by atoms with Gasteiger partial charge in [0, 0.05) is 37.6 Å². The highest BCUT2D eigenvalue weighted by atomic mass is 16.5. The van der Waals surface area contributed by atoms with Gasteiger partial charge < -0.3 is 19.7 Å². The van der Waals surface area contributed by atoms with E-state index in [1.54, 1.807) is 37.1 Å². The predicted octanol–water partition coefficient (Wildman–Crippen LogP) is 3.27. The van der Waals surface area contributed by atoms with Gasteiger partial charge in [-0.3, -0.25) is 9.48 Å². The zero-order valence-corrected chi connectivity index (χ0v) is 16.5. The molecule has 1 aromatic heterocycles. The molecule has 0 bridgehead atoms. The van der Waals surface area contributed by atoms with Gasteiger partial charge in [0.05, 0.1) is 14.2 Å². The molecular formula is C21H24N4O3. The van der Waals surface area contributed by atoms with Crippen molar-refractivity contribution in [1.29, 1.82) is 0 Å². The Morgan fingerprint density at radius 1 is 1.07 bits per heavy atom. The molecule has 0 aliphatic rings. The lowest BCUT2D eigenvalue weighted by atomic mass is 10.1. The number of amides is 1. The van der Waals surface area contributed by atoms with Crippen molar-refractivity contribution in [1.82, 2.24) is 9.78 Å². The number of benzene rings is 2. The van der Waals surface area contributed by atoms with Crippen molar-refractivity contribution < 1.29 is 14.3 Å². The number of carbonyl (C=O) groups is 1. The van der Waals surface area contributed by atoms with E-state index < -0.39 is 0 Å². The molecule has 3 aromatic rings. The highest BCUT2D eigenvalue weighted by Gasteiger charge is 2.15. The summed E-state index contributed by atoms with van der Waals surface area (Å²) in [7, 11) is 6.99. The Morgan fingerprint density at radius 2 is 1.79 bits per heavy atom. The van der Waals surface area contributed by atoms with Crippen LogP contribution in [0.4, 0.5) is 11.5 Å². The van der Waals surface area contributed by atoms with E-state index in [0.29, 0.717) is 17.2 Å². The van der Waals surface area contributed by atoms with E-state index in [2.05, 4.69) is 10.4 Å². The van der Waals surface area contributed by atoms with Gasteiger partial charge in [-0.15, -0.1) is 0 Å². The van der Waals surface area contributed by atoms with Crippen LogP contribution in [0, 0.1) is 0 Å². The zero-order chi connectivity index (χ0) is 20.1. The first-order chi connectivity index (χ1) is 13.5. The molecule has 0 spiro atoms. The summed E-state index contributed by atoms with van der Waals surface area (Å²) in [5.74, 6) is 1.79. The van der Waals surface area contributed by atoms with E-state index in [0.717, 1.165) is 16.9 Å². The number of nitrogens with zero attached hydrogens (tertiary/aromatic N) is 3. The Balaban J connectivity index is 1.77. The van der Waals surface area contributed by atoms with Crippen molar-refractivity contribution in [2.75, 3.05) is 38.5 Å². The third kappa shape index (κ3) is 4.25. The van der Waals surface area contributed by atoms with Crippen LogP contribution in [0.1, 0.15) is 0 Å². The van der Waals surface area contributed by atoms with Crippen LogP contribution in [0.2, 0.25) is 0 Å². The normalized spacial score (nSPS) is 10.4. The van der Waals surface area contributed by atoms with Gasteiger partial charge in [-0.05, 0) is 17.7 Å². The van der Waals surface area contributed by atoms with Crippen molar-refractivity contribution in [2.45, 2.75) is 6.54 Å². The molecule has 7 heteroatoms. The van der Waals surface area contributed by atoms with Crippen molar-refractivity contribution in [3.8, 4) is 22.6 Å². The second-order valence-corrected chi connectivity index (χ2v) is 6.44. The molecule has 7 nitrogen and oxygen atoms in total. The summed E-state index contributed by atoms with van der Waals surface area (Å²) in [5.41, 5.74) is 2.66. The van der Waals surface area contributed by atoms with E-state index in [1.165, 1.54) is 0 Å². The van der Waals surface area contributed by atoms with Gasteiger partial charge in [-0.25, -0.2) is 0 Å². The highest BCUT2D eigenvalue weighted by molar-refractivity contribution is 5.91. The average Bonchev–Trinajstić information content (AvgIpc) is 3.12. The summed E-state index contributed by atoms with van der Waals surface area (Å²) < 4.78 is 12.1. The first-order valence-electron chi connectivity index (χ1n) is 8.84. The minimum atomic E-state index is -0.181. The number of anilines is 2. The molecule has 0 aliphatic carbocycles. The molecular weight excluding hydrogens is 356 g/mol. The van der Waals surface area contributed by atoms with Crippen LogP contribution < -0.4 is 19.7 Å². The zero-order valence-electron chi connectivity index (χ0n) is 16.5. The number of hydrogen-bond donors (Lipinski definition) is 1. The third-order valence-electron chi connectivity index (χ3n) is 4.22. The quantitative estimate of drug-likeness (QED) is 0.681. The third-order valence-corrected chi connectivity index (χ3v) is 4.22. The summed E-state index contributed by atoms with van der Waals surface area (Å²) >= 11 is 0. The highest BCUT2D eigenvalue weighted by Crippen LogP contribution is 2.30. The maximum absolute atomic E-state index is 12.5. The molecule has 0 radical (unpaired) electrons. The van der Waals surface area contributed by atoms with E-state index >= 15 is 0 Å². The van der Waals surface area contributed by atoms with Gasteiger partial charge in [-0.1, -0.05) is 30.3 Å². The van der Waals surface area contributed by atoms with Gasteiger partial charge in [0.15, 0.2) is 17.3 Å². The van der Waals surface area contributed by atoms with Gasteiger partial charge in [0.2, 0.25) is 5.91 Å². The molecule has 0 saturated carbocycles. The maximum Gasteiger partial charge on any atom is 0.246 e. The van der Waals surface area contributed by atoms with Crippen LogP contribution in [0.15, 0.2) is 54.7 Å². The van der Waals surface area contributed by atoms with Crippen LogP contribution >= 0.6 is 0 Å². The lowest BCUT2D eigenvalue weighted by molar-refractivity contribution is -0.116. The first kappa shape index (κ1) is 19.3. The maximum atomic E-state index is 12.5. The minimum absolute atomic E-state index is 0.0992. The monoisotopic (exact) mass is 380 g/mol. The molecule has 1 heterocycles.